The molecule has 0 fully saturated rings. The Morgan fingerprint density at radius 2 is 1.95 bits per heavy atom. The zero-order chi connectivity index (χ0) is 14.3. The summed E-state index contributed by atoms with van der Waals surface area (Å²) in [6.07, 6.45) is 0.666. The third kappa shape index (κ3) is 4.99. The highest BCUT2D eigenvalue weighted by Gasteiger charge is 2.17. The average Bonchev–Trinajstić information content (AvgIpc) is 2.39. The minimum atomic E-state index is -3.32. The first-order valence-corrected chi connectivity index (χ1v) is 7.52. The number of hydrogen-bond donors (Lipinski definition) is 0. The highest BCUT2D eigenvalue weighted by Crippen LogP contribution is 2.11. The van der Waals surface area contributed by atoms with Crippen LogP contribution < -0.4 is 0 Å². The predicted molar refractivity (Wildman–Crippen MR) is 72.9 cm³/mol. The van der Waals surface area contributed by atoms with Crippen molar-refractivity contribution < 1.29 is 13.2 Å². The Balaban J connectivity index is 2.65. The molecule has 1 aromatic carbocycles. The summed E-state index contributed by atoms with van der Waals surface area (Å²) in [6, 6.07) is 8.57. The van der Waals surface area contributed by atoms with Crippen LogP contribution in [0, 0.1) is 11.3 Å². The first-order chi connectivity index (χ1) is 8.99. The number of nitriles is 1. The highest BCUT2D eigenvalue weighted by atomic mass is 32.2. The van der Waals surface area contributed by atoms with E-state index in [9.17, 15) is 8.42 Å². The molecule has 0 heterocycles. The van der Waals surface area contributed by atoms with Crippen LogP contribution in [0.25, 0.3) is 0 Å². The van der Waals surface area contributed by atoms with E-state index in [0.717, 1.165) is 0 Å². The first-order valence-electron chi connectivity index (χ1n) is 5.91. The molecule has 0 radical (unpaired) electrons. The van der Waals surface area contributed by atoms with E-state index in [4.69, 9.17) is 10.00 Å². The lowest BCUT2D eigenvalue weighted by Crippen LogP contribution is -2.29. The van der Waals surface area contributed by atoms with Crippen LogP contribution in [0.1, 0.15) is 17.5 Å². The molecule has 0 spiro atoms. The van der Waals surface area contributed by atoms with E-state index in [2.05, 4.69) is 0 Å². The van der Waals surface area contributed by atoms with Crippen molar-refractivity contribution >= 4 is 10.0 Å². The number of benzene rings is 1. The van der Waals surface area contributed by atoms with Gasteiger partial charge in [-0.15, -0.1) is 0 Å². The second kappa shape index (κ2) is 7.24. The van der Waals surface area contributed by atoms with Crippen molar-refractivity contribution in [3.63, 3.8) is 0 Å². The normalized spacial score (nSPS) is 11.5. The molecule has 0 unspecified atom stereocenters. The fourth-order valence-electron chi connectivity index (χ4n) is 1.57. The number of hydrogen-bond acceptors (Lipinski definition) is 4. The number of methoxy groups -OCH3 is 1. The molecule has 0 saturated carbocycles. The SMILES string of the molecule is COCCCN(C)S(=O)(=O)Cc1ccc(C#N)cc1. The fourth-order valence-corrected chi connectivity index (χ4v) is 2.81. The molecule has 0 aliphatic rings. The summed E-state index contributed by atoms with van der Waals surface area (Å²) >= 11 is 0. The molecule has 6 heteroatoms. The van der Waals surface area contributed by atoms with Gasteiger partial charge < -0.3 is 4.74 Å². The van der Waals surface area contributed by atoms with Gasteiger partial charge in [-0.2, -0.15) is 5.26 Å². The monoisotopic (exact) mass is 282 g/mol. The van der Waals surface area contributed by atoms with Crippen LogP contribution in [-0.2, 0) is 20.5 Å². The zero-order valence-corrected chi connectivity index (χ0v) is 12.0. The van der Waals surface area contributed by atoms with Crippen molar-refractivity contribution in [3.8, 4) is 6.07 Å². The van der Waals surface area contributed by atoms with Gasteiger partial charge in [0.05, 0.1) is 17.4 Å². The lowest BCUT2D eigenvalue weighted by molar-refractivity contribution is 0.189. The van der Waals surface area contributed by atoms with Gasteiger partial charge in [0.1, 0.15) is 0 Å². The third-order valence-corrected chi connectivity index (χ3v) is 4.56. The van der Waals surface area contributed by atoms with Gasteiger partial charge >= 0.3 is 0 Å². The summed E-state index contributed by atoms with van der Waals surface area (Å²) in [7, 11) is -0.166. The lowest BCUT2D eigenvalue weighted by Gasteiger charge is -2.16. The van der Waals surface area contributed by atoms with Crippen LogP contribution in [0.2, 0.25) is 0 Å². The number of ether oxygens (including phenoxy) is 1. The van der Waals surface area contributed by atoms with Gasteiger partial charge in [-0.1, -0.05) is 12.1 Å². The Bertz CT molecular complexity index is 532. The van der Waals surface area contributed by atoms with E-state index < -0.39 is 10.0 Å². The standard InChI is InChI=1S/C13H18N2O3S/c1-15(8-3-9-18-2)19(16,17)11-13-6-4-12(10-14)5-7-13/h4-7H,3,8-9,11H2,1-2H3. The molecule has 0 N–H and O–H groups in total. The Kier molecular flexibility index (Phi) is 5.96. The molecule has 0 saturated heterocycles. The van der Waals surface area contributed by atoms with Gasteiger partial charge in [0.2, 0.25) is 10.0 Å². The van der Waals surface area contributed by atoms with Crippen molar-refractivity contribution in [1.29, 1.82) is 5.26 Å². The van der Waals surface area contributed by atoms with Gasteiger partial charge in [0.25, 0.3) is 0 Å². The predicted octanol–water partition coefficient (Wildman–Crippen LogP) is 1.36. The van der Waals surface area contributed by atoms with Crippen LogP contribution in [0.5, 0.6) is 0 Å². The summed E-state index contributed by atoms with van der Waals surface area (Å²) in [5, 5.41) is 8.68. The van der Waals surface area contributed by atoms with Crippen molar-refractivity contribution in [1.82, 2.24) is 4.31 Å². The van der Waals surface area contributed by atoms with Gasteiger partial charge in [-0.25, -0.2) is 12.7 Å². The molecule has 19 heavy (non-hydrogen) atoms. The van der Waals surface area contributed by atoms with Gasteiger partial charge in [-0.05, 0) is 24.1 Å². The maximum absolute atomic E-state index is 12.1. The van der Waals surface area contributed by atoms with Crippen LogP contribution in [0.3, 0.4) is 0 Å². The Hall–Kier alpha value is -1.42. The molecule has 0 amide bonds. The average molecular weight is 282 g/mol. The lowest BCUT2D eigenvalue weighted by atomic mass is 10.2. The number of nitrogens with zero attached hydrogens (tertiary/aromatic N) is 2. The Morgan fingerprint density at radius 3 is 2.47 bits per heavy atom. The fraction of sp³-hybridized carbons (Fsp3) is 0.462. The van der Waals surface area contributed by atoms with E-state index in [1.165, 1.54) is 4.31 Å². The third-order valence-electron chi connectivity index (χ3n) is 2.73. The largest absolute Gasteiger partial charge is 0.385 e. The first kappa shape index (κ1) is 15.6. The zero-order valence-electron chi connectivity index (χ0n) is 11.2. The summed E-state index contributed by atoms with van der Waals surface area (Å²) in [5.74, 6) is -0.0534. The minimum absolute atomic E-state index is 0.0534. The maximum Gasteiger partial charge on any atom is 0.218 e. The number of rotatable bonds is 7. The molecule has 104 valence electrons. The second-order valence-electron chi connectivity index (χ2n) is 4.23. The summed E-state index contributed by atoms with van der Waals surface area (Å²) in [4.78, 5) is 0. The van der Waals surface area contributed by atoms with E-state index in [1.807, 2.05) is 6.07 Å². The van der Waals surface area contributed by atoms with Crippen molar-refractivity contribution in [3.05, 3.63) is 35.4 Å². The molecule has 0 aliphatic carbocycles. The van der Waals surface area contributed by atoms with Gasteiger partial charge in [-0.3, -0.25) is 0 Å². The topological polar surface area (TPSA) is 70.4 Å². The molecular weight excluding hydrogens is 264 g/mol. The molecule has 0 atom stereocenters. The Labute approximate surface area is 114 Å². The molecule has 0 aromatic heterocycles. The van der Waals surface area contributed by atoms with E-state index in [-0.39, 0.29) is 5.75 Å². The number of sulfonamides is 1. The minimum Gasteiger partial charge on any atom is -0.385 e. The summed E-state index contributed by atoms with van der Waals surface area (Å²) in [6.45, 7) is 0.975. The quantitative estimate of drug-likeness (QED) is 0.708. The van der Waals surface area contributed by atoms with Crippen molar-refractivity contribution in [2.24, 2.45) is 0 Å². The molecule has 5 nitrogen and oxygen atoms in total. The maximum atomic E-state index is 12.1. The highest BCUT2D eigenvalue weighted by molar-refractivity contribution is 7.88. The van der Waals surface area contributed by atoms with Crippen LogP contribution in [-0.4, -0.2) is 40.0 Å². The van der Waals surface area contributed by atoms with Crippen LogP contribution in [0.15, 0.2) is 24.3 Å². The second-order valence-corrected chi connectivity index (χ2v) is 6.31. The van der Waals surface area contributed by atoms with Gasteiger partial charge in [0.15, 0.2) is 0 Å². The van der Waals surface area contributed by atoms with Gasteiger partial charge in [0, 0.05) is 27.3 Å². The van der Waals surface area contributed by atoms with Crippen molar-refractivity contribution in [2.45, 2.75) is 12.2 Å². The van der Waals surface area contributed by atoms with E-state index >= 15 is 0 Å². The molecule has 0 aliphatic heterocycles. The molecular formula is C13H18N2O3S. The van der Waals surface area contributed by atoms with Crippen LogP contribution >= 0.6 is 0 Å². The summed E-state index contributed by atoms with van der Waals surface area (Å²) in [5.41, 5.74) is 1.20. The molecule has 1 rings (SSSR count). The van der Waals surface area contributed by atoms with E-state index in [1.54, 1.807) is 38.4 Å². The van der Waals surface area contributed by atoms with Crippen molar-refractivity contribution in [2.75, 3.05) is 27.3 Å². The molecule has 1 aromatic rings. The summed E-state index contributed by atoms with van der Waals surface area (Å²) < 4.78 is 30.4. The Morgan fingerprint density at radius 1 is 1.32 bits per heavy atom. The van der Waals surface area contributed by atoms with Crippen LogP contribution in [0.4, 0.5) is 0 Å². The smallest absolute Gasteiger partial charge is 0.218 e. The molecule has 0 bridgehead atoms. The van der Waals surface area contributed by atoms with E-state index in [0.29, 0.717) is 30.7 Å².